The summed E-state index contributed by atoms with van der Waals surface area (Å²) in [5.41, 5.74) is 3.18. The minimum Gasteiger partial charge on any atom is -0.495 e. The number of carbonyl (C=O) groups is 1. The number of nitrogens with one attached hydrogen (secondary N) is 1. The molecule has 0 aliphatic heterocycles. The van der Waals surface area contributed by atoms with Crippen LogP contribution in [0.25, 0.3) is 0 Å². The second kappa shape index (κ2) is 7.79. The van der Waals surface area contributed by atoms with E-state index in [9.17, 15) is 4.79 Å². The van der Waals surface area contributed by atoms with Crippen LogP contribution in [0.4, 0.5) is 5.69 Å². The Balaban J connectivity index is 1.68. The van der Waals surface area contributed by atoms with Gasteiger partial charge in [0.15, 0.2) is 6.10 Å². The summed E-state index contributed by atoms with van der Waals surface area (Å²) in [5, 5.41) is 3.28. The van der Waals surface area contributed by atoms with Gasteiger partial charge in [-0.3, -0.25) is 4.79 Å². The van der Waals surface area contributed by atoms with E-state index >= 15 is 0 Å². The second-order valence-electron chi connectivity index (χ2n) is 6.20. The Bertz CT molecular complexity index is 776. The van der Waals surface area contributed by atoms with E-state index in [4.69, 9.17) is 21.1 Å². The Kier molecular flexibility index (Phi) is 5.49. The maximum Gasteiger partial charge on any atom is 0.265 e. The summed E-state index contributed by atoms with van der Waals surface area (Å²) in [6.45, 7) is 1.75. The summed E-state index contributed by atoms with van der Waals surface area (Å²) < 4.78 is 11.1. The first-order chi connectivity index (χ1) is 12.1. The second-order valence-corrected chi connectivity index (χ2v) is 6.61. The number of halogens is 1. The monoisotopic (exact) mass is 359 g/mol. The van der Waals surface area contributed by atoms with Crippen molar-refractivity contribution in [1.82, 2.24) is 0 Å². The zero-order valence-corrected chi connectivity index (χ0v) is 15.2. The molecule has 1 unspecified atom stereocenters. The molecule has 0 saturated carbocycles. The van der Waals surface area contributed by atoms with Gasteiger partial charge in [0.05, 0.1) is 12.1 Å². The zero-order chi connectivity index (χ0) is 17.8. The molecule has 0 aromatic heterocycles. The Morgan fingerprint density at radius 2 is 1.96 bits per heavy atom. The van der Waals surface area contributed by atoms with Crippen molar-refractivity contribution in [3.8, 4) is 11.5 Å². The van der Waals surface area contributed by atoms with E-state index in [1.807, 2.05) is 12.1 Å². The molecular weight excluding hydrogens is 338 g/mol. The number of aryl methyl sites for hydroxylation is 1. The molecule has 1 atom stereocenters. The molecule has 1 aliphatic rings. The maximum atomic E-state index is 12.4. The van der Waals surface area contributed by atoms with Crippen LogP contribution in [0.3, 0.4) is 0 Å². The Morgan fingerprint density at radius 1 is 1.16 bits per heavy atom. The number of hydrogen-bond acceptors (Lipinski definition) is 3. The Labute approximate surface area is 153 Å². The van der Waals surface area contributed by atoms with E-state index in [-0.39, 0.29) is 5.91 Å². The van der Waals surface area contributed by atoms with Crippen LogP contribution >= 0.6 is 11.6 Å². The Morgan fingerprint density at radius 3 is 2.72 bits per heavy atom. The van der Waals surface area contributed by atoms with Gasteiger partial charge in [-0.1, -0.05) is 23.7 Å². The summed E-state index contributed by atoms with van der Waals surface area (Å²) in [7, 11) is 1.55. The van der Waals surface area contributed by atoms with Crippen LogP contribution in [0.2, 0.25) is 5.02 Å². The number of methoxy groups -OCH3 is 1. The van der Waals surface area contributed by atoms with Crippen molar-refractivity contribution >= 4 is 23.2 Å². The van der Waals surface area contributed by atoms with Gasteiger partial charge in [0, 0.05) is 5.69 Å². The van der Waals surface area contributed by atoms with Crippen LogP contribution in [0.5, 0.6) is 11.5 Å². The molecule has 4 nitrogen and oxygen atoms in total. The van der Waals surface area contributed by atoms with Crippen molar-refractivity contribution < 1.29 is 14.3 Å². The van der Waals surface area contributed by atoms with E-state index in [0.717, 1.165) is 25.0 Å². The first-order valence-electron chi connectivity index (χ1n) is 8.50. The summed E-state index contributed by atoms with van der Waals surface area (Å²) in [4.78, 5) is 12.4. The smallest absolute Gasteiger partial charge is 0.265 e. The number of rotatable bonds is 5. The third-order valence-corrected chi connectivity index (χ3v) is 4.74. The quantitative estimate of drug-likeness (QED) is 0.846. The van der Waals surface area contributed by atoms with Crippen molar-refractivity contribution in [2.24, 2.45) is 0 Å². The average molecular weight is 360 g/mol. The van der Waals surface area contributed by atoms with Crippen LogP contribution in [-0.4, -0.2) is 19.1 Å². The predicted octanol–water partition coefficient (Wildman–Crippen LogP) is 4.63. The molecule has 1 amide bonds. The predicted molar refractivity (Wildman–Crippen MR) is 99.8 cm³/mol. The van der Waals surface area contributed by atoms with Gasteiger partial charge in [-0.2, -0.15) is 0 Å². The third kappa shape index (κ3) is 4.07. The SMILES string of the molecule is COc1ccc(NC(=O)C(C)Oc2cccc3c2CCCC3)cc1Cl. The lowest BCUT2D eigenvalue weighted by atomic mass is 9.91. The van der Waals surface area contributed by atoms with E-state index in [0.29, 0.717) is 16.5 Å². The summed E-state index contributed by atoms with van der Waals surface area (Å²) in [6, 6.07) is 11.2. The standard InChI is InChI=1S/C20H22ClNO3/c1-13(20(23)22-15-10-11-19(24-2)17(21)12-15)25-18-9-5-7-14-6-3-4-8-16(14)18/h5,7,9-13H,3-4,6,8H2,1-2H3,(H,22,23). The highest BCUT2D eigenvalue weighted by Gasteiger charge is 2.19. The van der Waals surface area contributed by atoms with Gasteiger partial charge in [-0.05, 0) is 68.0 Å². The highest BCUT2D eigenvalue weighted by molar-refractivity contribution is 6.32. The molecule has 0 spiro atoms. The molecular formula is C20H22ClNO3. The molecule has 0 bridgehead atoms. The average Bonchev–Trinajstić information content (AvgIpc) is 2.62. The number of hydrogen-bond donors (Lipinski definition) is 1. The van der Waals surface area contributed by atoms with E-state index in [2.05, 4.69) is 11.4 Å². The fourth-order valence-electron chi connectivity index (χ4n) is 3.09. The minimum atomic E-state index is -0.602. The van der Waals surface area contributed by atoms with Crippen LogP contribution in [0.15, 0.2) is 36.4 Å². The molecule has 0 radical (unpaired) electrons. The molecule has 5 heteroatoms. The molecule has 0 saturated heterocycles. The zero-order valence-electron chi connectivity index (χ0n) is 14.5. The number of anilines is 1. The highest BCUT2D eigenvalue weighted by atomic mass is 35.5. The van der Waals surface area contributed by atoms with Crippen LogP contribution in [0.1, 0.15) is 30.9 Å². The lowest BCUT2D eigenvalue weighted by molar-refractivity contribution is -0.122. The van der Waals surface area contributed by atoms with Crippen molar-refractivity contribution in [2.75, 3.05) is 12.4 Å². The summed E-state index contributed by atoms with van der Waals surface area (Å²) in [5.74, 6) is 1.17. The van der Waals surface area contributed by atoms with Gasteiger partial charge < -0.3 is 14.8 Å². The maximum absolute atomic E-state index is 12.4. The minimum absolute atomic E-state index is 0.213. The van der Waals surface area contributed by atoms with Crippen molar-refractivity contribution in [1.29, 1.82) is 0 Å². The number of benzene rings is 2. The summed E-state index contributed by atoms with van der Waals surface area (Å²) >= 11 is 6.09. The van der Waals surface area contributed by atoms with Gasteiger partial charge in [0.1, 0.15) is 11.5 Å². The topological polar surface area (TPSA) is 47.6 Å². The Hall–Kier alpha value is -2.20. The van der Waals surface area contributed by atoms with Crippen molar-refractivity contribution in [3.05, 3.63) is 52.5 Å². The van der Waals surface area contributed by atoms with Crippen LogP contribution in [-0.2, 0) is 17.6 Å². The van der Waals surface area contributed by atoms with Crippen LogP contribution in [0, 0.1) is 0 Å². The molecule has 132 valence electrons. The van der Waals surface area contributed by atoms with Gasteiger partial charge >= 0.3 is 0 Å². The lowest BCUT2D eigenvalue weighted by Gasteiger charge is -2.22. The first-order valence-corrected chi connectivity index (χ1v) is 8.88. The van der Waals surface area contributed by atoms with Gasteiger partial charge in [0.2, 0.25) is 0 Å². The van der Waals surface area contributed by atoms with Gasteiger partial charge in [-0.15, -0.1) is 0 Å². The van der Waals surface area contributed by atoms with E-state index in [1.54, 1.807) is 32.2 Å². The van der Waals surface area contributed by atoms with E-state index < -0.39 is 6.10 Å². The summed E-state index contributed by atoms with van der Waals surface area (Å²) in [6.07, 6.45) is 3.86. The fraction of sp³-hybridized carbons (Fsp3) is 0.350. The molecule has 0 heterocycles. The van der Waals surface area contributed by atoms with Gasteiger partial charge in [-0.25, -0.2) is 0 Å². The molecule has 1 N–H and O–H groups in total. The van der Waals surface area contributed by atoms with Gasteiger partial charge in [0.25, 0.3) is 5.91 Å². The molecule has 1 aliphatic carbocycles. The van der Waals surface area contributed by atoms with Crippen molar-refractivity contribution in [3.63, 3.8) is 0 Å². The number of fused-ring (bicyclic) bond motifs is 1. The number of ether oxygens (including phenoxy) is 2. The number of amides is 1. The van der Waals surface area contributed by atoms with Crippen LogP contribution < -0.4 is 14.8 Å². The fourth-order valence-corrected chi connectivity index (χ4v) is 3.35. The molecule has 25 heavy (non-hydrogen) atoms. The normalized spacial score (nSPS) is 14.4. The highest BCUT2D eigenvalue weighted by Crippen LogP contribution is 2.30. The first kappa shape index (κ1) is 17.6. The molecule has 2 aromatic carbocycles. The lowest BCUT2D eigenvalue weighted by Crippen LogP contribution is -2.30. The number of carbonyl (C=O) groups excluding carboxylic acids is 1. The van der Waals surface area contributed by atoms with Crippen molar-refractivity contribution in [2.45, 2.75) is 38.7 Å². The molecule has 2 aromatic rings. The largest absolute Gasteiger partial charge is 0.495 e. The van der Waals surface area contributed by atoms with E-state index in [1.165, 1.54) is 17.5 Å². The third-order valence-electron chi connectivity index (χ3n) is 4.45. The molecule has 3 rings (SSSR count). The molecule has 0 fully saturated rings.